The van der Waals surface area contributed by atoms with Crippen molar-refractivity contribution in [1.82, 2.24) is 9.62 Å². The zero-order valence-corrected chi connectivity index (χ0v) is 13.1. The molecule has 1 heterocycles. The first-order valence-corrected chi connectivity index (χ1v) is 8.79. The largest absolute Gasteiger partial charge is 0.298 e. The Labute approximate surface area is 122 Å². The van der Waals surface area contributed by atoms with Gasteiger partial charge in [0.15, 0.2) is 0 Å². The molecule has 1 unspecified atom stereocenters. The number of hydrogen-bond donors (Lipinski definition) is 1. The predicted molar refractivity (Wildman–Crippen MR) is 81.9 cm³/mol. The summed E-state index contributed by atoms with van der Waals surface area (Å²) in [6.07, 6.45) is 1.97. The van der Waals surface area contributed by atoms with Crippen LogP contribution in [-0.4, -0.2) is 37.7 Å². The average Bonchev–Trinajstić information content (AvgIpc) is 2.39. The predicted octanol–water partition coefficient (Wildman–Crippen LogP) is 1.98. The molecule has 1 fully saturated rings. The van der Waals surface area contributed by atoms with Crippen LogP contribution in [0.2, 0.25) is 0 Å². The summed E-state index contributed by atoms with van der Waals surface area (Å²) in [6, 6.07) is 10.4. The molecule has 1 aromatic rings. The Morgan fingerprint density at radius 1 is 1.30 bits per heavy atom. The molecule has 1 aliphatic rings. The molecule has 4 nitrogen and oxygen atoms in total. The van der Waals surface area contributed by atoms with Gasteiger partial charge in [-0.05, 0) is 38.8 Å². The third-order valence-corrected chi connectivity index (χ3v) is 5.61. The van der Waals surface area contributed by atoms with Crippen molar-refractivity contribution in [3.8, 4) is 0 Å². The molecule has 0 bridgehead atoms. The number of sulfonamides is 1. The summed E-state index contributed by atoms with van der Waals surface area (Å²) >= 11 is 0. The molecular formula is C15H24N2O2S. The highest BCUT2D eigenvalue weighted by atomic mass is 32.2. The van der Waals surface area contributed by atoms with Crippen molar-refractivity contribution >= 4 is 10.0 Å². The number of piperidine rings is 1. The van der Waals surface area contributed by atoms with Crippen LogP contribution in [0.4, 0.5) is 0 Å². The number of nitrogens with zero attached hydrogens (tertiary/aromatic N) is 1. The standard InChI is InChI=1S/C15H24N2O2S/c1-13(2)20(18,19)16-15-9-6-10-17(12-15)11-14-7-4-3-5-8-14/h3-5,7-8,13,15-16H,6,9-12H2,1-2H3. The molecule has 1 saturated heterocycles. The van der Waals surface area contributed by atoms with Gasteiger partial charge in [-0.2, -0.15) is 0 Å². The highest BCUT2D eigenvalue weighted by molar-refractivity contribution is 7.90. The number of likely N-dealkylation sites (tertiary alicyclic amines) is 1. The fraction of sp³-hybridized carbons (Fsp3) is 0.600. The Balaban J connectivity index is 1.92. The molecular weight excluding hydrogens is 272 g/mol. The monoisotopic (exact) mass is 296 g/mol. The average molecular weight is 296 g/mol. The molecule has 1 aliphatic heterocycles. The second-order valence-electron chi connectivity index (χ2n) is 5.77. The lowest BCUT2D eigenvalue weighted by molar-refractivity contribution is 0.194. The van der Waals surface area contributed by atoms with E-state index in [2.05, 4.69) is 21.8 Å². The molecule has 20 heavy (non-hydrogen) atoms. The minimum atomic E-state index is -3.17. The van der Waals surface area contributed by atoms with Crippen LogP contribution in [0.25, 0.3) is 0 Å². The molecule has 0 radical (unpaired) electrons. The third-order valence-electron chi connectivity index (χ3n) is 3.71. The van der Waals surface area contributed by atoms with E-state index >= 15 is 0 Å². The lowest BCUT2D eigenvalue weighted by atomic mass is 10.1. The summed E-state index contributed by atoms with van der Waals surface area (Å²) in [4.78, 5) is 2.33. The lowest BCUT2D eigenvalue weighted by Gasteiger charge is -2.33. The first-order chi connectivity index (χ1) is 9.47. The van der Waals surface area contributed by atoms with Crippen molar-refractivity contribution in [3.63, 3.8) is 0 Å². The van der Waals surface area contributed by atoms with Crippen LogP contribution in [0.5, 0.6) is 0 Å². The van der Waals surface area contributed by atoms with Crippen molar-refractivity contribution in [2.45, 2.75) is 44.5 Å². The summed E-state index contributed by atoms with van der Waals surface area (Å²) in [5.41, 5.74) is 1.28. The quantitative estimate of drug-likeness (QED) is 0.904. The van der Waals surface area contributed by atoms with Gasteiger partial charge in [0.05, 0.1) is 5.25 Å². The van der Waals surface area contributed by atoms with E-state index in [-0.39, 0.29) is 11.3 Å². The Hall–Kier alpha value is -0.910. The molecule has 2 rings (SSSR count). The van der Waals surface area contributed by atoms with Crippen LogP contribution in [0, 0.1) is 0 Å². The van der Waals surface area contributed by atoms with E-state index in [1.165, 1.54) is 5.56 Å². The van der Waals surface area contributed by atoms with E-state index in [1.807, 2.05) is 18.2 Å². The van der Waals surface area contributed by atoms with Gasteiger partial charge < -0.3 is 0 Å². The normalized spacial score (nSPS) is 21.2. The number of nitrogens with one attached hydrogen (secondary N) is 1. The van der Waals surface area contributed by atoms with Gasteiger partial charge in [0.1, 0.15) is 0 Å². The maximum atomic E-state index is 11.9. The summed E-state index contributed by atoms with van der Waals surface area (Å²) in [7, 11) is -3.17. The van der Waals surface area contributed by atoms with Crippen molar-refractivity contribution in [1.29, 1.82) is 0 Å². The molecule has 0 amide bonds. The molecule has 0 spiro atoms. The van der Waals surface area contributed by atoms with Crippen LogP contribution in [0.15, 0.2) is 30.3 Å². The molecule has 1 atom stereocenters. The van der Waals surface area contributed by atoms with Gasteiger partial charge in [0, 0.05) is 19.1 Å². The Bertz CT molecular complexity index is 514. The van der Waals surface area contributed by atoms with Gasteiger partial charge in [0.25, 0.3) is 0 Å². The third kappa shape index (κ3) is 4.30. The van der Waals surface area contributed by atoms with Crippen LogP contribution >= 0.6 is 0 Å². The van der Waals surface area contributed by atoms with Crippen LogP contribution in [0.1, 0.15) is 32.3 Å². The summed E-state index contributed by atoms with van der Waals surface area (Å²) < 4.78 is 26.7. The van der Waals surface area contributed by atoms with Crippen LogP contribution in [0.3, 0.4) is 0 Å². The zero-order valence-electron chi connectivity index (χ0n) is 12.2. The first kappa shape index (κ1) is 15.5. The minimum absolute atomic E-state index is 0.0415. The molecule has 1 aromatic carbocycles. The van der Waals surface area contributed by atoms with E-state index in [0.717, 1.165) is 32.5 Å². The van der Waals surface area contributed by atoms with E-state index < -0.39 is 10.0 Å². The zero-order chi connectivity index (χ0) is 14.6. The van der Waals surface area contributed by atoms with E-state index in [0.29, 0.717) is 0 Å². The molecule has 112 valence electrons. The van der Waals surface area contributed by atoms with Crippen molar-refractivity contribution < 1.29 is 8.42 Å². The molecule has 5 heteroatoms. The van der Waals surface area contributed by atoms with E-state index in [4.69, 9.17) is 0 Å². The van der Waals surface area contributed by atoms with E-state index in [9.17, 15) is 8.42 Å². The Morgan fingerprint density at radius 2 is 2.00 bits per heavy atom. The summed E-state index contributed by atoms with van der Waals surface area (Å²) in [6.45, 7) is 6.15. The maximum Gasteiger partial charge on any atom is 0.214 e. The first-order valence-electron chi connectivity index (χ1n) is 7.25. The van der Waals surface area contributed by atoms with Gasteiger partial charge in [0.2, 0.25) is 10.0 Å². The SMILES string of the molecule is CC(C)S(=O)(=O)NC1CCCN(Cc2ccccc2)C1. The van der Waals surface area contributed by atoms with Gasteiger partial charge in [-0.15, -0.1) is 0 Å². The summed E-state index contributed by atoms with van der Waals surface area (Å²) in [5, 5.41) is -0.369. The number of rotatable bonds is 5. The second-order valence-corrected chi connectivity index (χ2v) is 8.04. The van der Waals surface area contributed by atoms with Gasteiger partial charge in [-0.1, -0.05) is 30.3 Å². The number of benzene rings is 1. The molecule has 1 N–H and O–H groups in total. The topological polar surface area (TPSA) is 49.4 Å². The van der Waals surface area contributed by atoms with Crippen molar-refractivity contribution in [3.05, 3.63) is 35.9 Å². The van der Waals surface area contributed by atoms with Crippen molar-refractivity contribution in [2.75, 3.05) is 13.1 Å². The highest BCUT2D eigenvalue weighted by Gasteiger charge is 2.25. The number of hydrogen-bond acceptors (Lipinski definition) is 3. The van der Waals surface area contributed by atoms with Crippen LogP contribution < -0.4 is 4.72 Å². The maximum absolute atomic E-state index is 11.9. The minimum Gasteiger partial charge on any atom is -0.298 e. The van der Waals surface area contributed by atoms with Crippen molar-refractivity contribution in [2.24, 2.45) is 0 Å². The van der Waals surface area contributed by atoms with E-state index in [1.54, 1.807) is 13.8 Å². The fourth-order valence-corrected chi connectivity index (χ4v) is 3.43. The Kier molecular flexibility index (Phi) is 5.18. The summed E-state index contributed by atoms with van der Waals surface area (Å²) in [5.74, 6) is 0. The highest BCUT2D eigenvalue weighted by Crippen LogP contribution is 2.15. The molecule has 0 aromatic heterocycles. The van der Waals surface area contributed by atoms with Gasteiger partial charge in [-0.3, -0.25) is 4.90 Å². The lowest BCUT2D eigenvalue weighted by Crippen LogP contribution is -2.48. The Morgan fingerprint density at radius 3 is 2.65 bits per heavy atom. The molecule has 0 saturated carbocycles. The van der Waals surface area contributed by atoms with Gasteiger partial charge in [-0.25, -0.2) is 13.1 Å². The molecule has 0 aliphatic carbocycles. The van der Waals surface area contributed by atoms with Gasteiger partial charge >= 0.3 is 0 Å². The fourth-order valence-electron chi connectivity index (χ4n) is 2.51. The second kappa shape index (κ2) is 6.70. The van der Waals surface area contributed by atoms with Crippen LogP contribution in [-0.2, 0) is 16.6 Å². The smallest absolute Gasteiger partial charge is 0.214 e.